The van der Waals surface area contributed by atoms with Crippen molar-refractivity contribution in [2.24, 2.45) is 0 Å². The van der Waals surface area contributed by atoms with Crippen LogP contribution in [-0.2, 0) is 11.3 Å². The molecule has 0 aliphatic carbocycles. The normalized spacial score (nSPS) is 13.5. The summed E-state index contributed by atoms with van der Waals surface area (Å²) in [6.45, 7) is 3.94. The SMILES string of the molecule is COCC(C)N(C)Cc1ccc(Br)s1. The van der Waals surface area contributed by atoms with Crippen molar-refractivity contribution in [3.63, 3.8) is 0 Å². The van der Waals surface area contributed by atoms with E-state index >= 15 is 0 Å². The average molecular weight is 278 g/mol. The Labute approximate surface area is 98.0 Å². The van der Waals surface area contributed by atoms with Gasteiger partial charge in [0, 0.05) is 24.6 Å². The Hall–Kier alpha value is 0.1000. The van der Waals surface area contributed by atoms with Gasteiger partial charge in [-0.2, -0.15) is 0 Å². The lowest BCUT2D eigenvalue weighted by atomic mass is 10.3. The number of hydrogen-bond acceptors (Lipinski definition) is 3. The molecule has 0 aliphatic rings. The molecular formula is C10H16BrNOS. The Morgan fingerprint density at radius 2 is 2.29 bits per heavy atom. The fourth-order valence-corrected chi connectivity index (χ4v) is 2.75. The predicted octanol–water partition coefficient (Wildman–Crippen LogP) is 2.98. The molecule has 0 amide bonds. The van der Waals surface area contributed by atoms with E-state index in [1.54, 1.807) is 18.4 Å². The third-order valence-electron chi connectivity index (χ3n) is 2.19. The van der Waals surface area contributed by atoms with Gasteiger partial charge in [0.05, 0.1) is 10.4 Å². The van der Waals surface area contributed by atoms with E-state index in [0.29, 0.717) is 6.04 Å². The summed E-state index contributed by atoms with van der Waals surface area (Å²) in [5.74, 6) is 0. The van der Waals surface area contributed by atoms with Crippen LogP contribution in [0.1, 0.15) is 11.8 Å². The molecule has 1 unspecified atom stereocenters. The van der Waals surface area contributed by atoms with Crippen molar-refractivity contribution in [1.82, 2.24) is 4.90 Å². The van der Waals surface area contributed by atoms with Gasteiger partial charge in [0.1, 0.15) is 0 Å². The molecule has 4 heteroatoms. The van der Waals surface area contributed by atoms with Gasteiger partial charge in [-0.3, -0.25) is 4.90 Å². The molecule has 2 nitrogen and oxygen atoms in total. The van der Waals surface area contributed by atoms with E-state index < -0.39 is 0 Å². The average Bonchev–Trinajstić information content (AvgIpc) is 2.51. The van der Waals surface area contributed by atoms with Crippen LogP contribution in [-0.4, -0.2) is 31.7 Å². The van der Waals surface area contributed by atoms with E-state index in [2.05, 4.69) is 46.9 Å². The summed E-state index contributed by atoms with van der Waals surface area (Å²) in [4.78, 5) is 3.67. The van der Waals surface area contributed by atoms with Crippen molar-refractivity contribution in [3.05, 3.63) is 20.8 Å². The Bertz CT molecular complexity index is 277. The standard InChI is InChI=1S/C10H16BrNOS/c1-8(7-13-3)12(2)6-9-4-5-10(11)14-9/h4-5,8H,6-7H2,1-3H3. The molecular weight excluding hydrogens is 262 g/mol. The molecule has 1 aromatic rings. The monoisotopic (exact) mass is 277 g/mol. The molecule has 1 heterocycles. The van der Waals surface area contributed by atoms with Crippen LogP contribution in [0.15, 0.2) is 15.9 Å². The van der Waals surface area contributed by atoms with Crippen LogP contribution in [0, 0.1) is 0 Å². The molecule has 1 aromatic heterocycles. The molecule has 0 fully saturated rings. The predicted molar refractivity (Wildman–Crippen MR) is 64.8 cm³/mol. The quantitative estimate of drug-likeness (QED) is 0.821. The van der Waals surface area contributed by atoms with Crippen molar-refractivity contribution >= 4 is 27.3 Å². The number of hydrogen-bond donors (Lipinski definition) is 0. The first-order valence-corrected chi connectivity index (χ1v) is 6.18. The lowest BCUT2D eigenvalue weighted by molar-refractivity contribution is 0.112. The van der Waals surface area contributed by atoms with Crippen molar-refractivity contribution in [2.75, 3.05) is 20.8 Å². The highest BCUT2D eigenvalue weighted by Gasteiger charge is 2.09. The van der Waals surface area contributed by atoms with Crippen LogP contribution >= 0.6 is 27.3 Å². The molecule has 80 valence electrons. The third-order valence-corrected chi connectivity index (χ3v) is 3.80. The van der Waals surface area contributed by atoms with Gasteiger partial charge in [0.15, 0.2) is 0 Å². The molecule has 0 spiro atoms. The van der Waals surface area contributed by atoms with Crippen LogP contribution in [0.2, 0.25) is 0 Å². The van der Waals surface area contributed by atoms with Crippen LogP contribution in [0.3, 0.4) is 0 Å². The maximum absolute atomic E-state index is 5.12. The highest BCUT2D eigenvalue weighted by molar-refractivity contribution is 9.11. The van der Waals surface area contributed by atoms with E-state index in [1.807, 2.05) is 0 Å². The van der Waals surface area contributed by atoms with Crippen molar-refractivity contribution < 1.29 is 4.74 Å². The summed E-state index contributed by atoms with van der Waals surface area (Å²) >= 11 is 5.25. The van der Waals surface area contributed by atoms with E-state index in [-0.39, 0.29) is 0 Å². The van der Waals surface area contributed by atoms with Gasteiger partial charge < -0.3 is 4.74 Å². The minimum absolute atomic E-state index is 0.459. The first kappa shape index (κ1) is 12.2. The number of ether oxygens (including phenoxy) is 1. The molecule has 0 aliphatic heterocycles. The molecule has 1 atom stereocenters. The summed E-state index contributed by atoms with van der Waals surface area (Å²) in [6.07, 6.45) is 0. The third kappa shape index (κ3) is 3.69. The fourth-order valence-electron chi connectivity index (χ4n) is 1.21. The van der Waals surface area contributed by atoms with Crippen molar-refractivity contribution in [3.8, 4) is 0 Å². The zero-order valence-corrected chi connectivity index (χ0v) is 11.2. The van der Waals surface area contributed by atoms with Gasteiger partial charge >= 0.3 is 0 Å². The number of rotatable bonds is 5. The summed E-state index contributed by atoms with van der Waals surface area (Å²) in [5, 5.41) is 0. The van der Waals surface area contributed by atoms with Gasteiger partial charge in [-0.05, 0) is 42.0 Å². The molecule has 0 saturated carbocycles. The fraction of sp³-hybridized carbons (Fsp3) is 0.600. The van der Waals surface area contributed by atoms with Crippen LogP contribution in [0.5, 0.6) is 0 Å². The zero-order valence-electron chi connectivity index (χ0n) is 8.79. The lowest BCUT2D eigenvalue weighted by Gasteiger charge is -2.23. The topological polar surface area (TPSA) is 12.5 Å². The van der Waals surface area contributed by atoms with Crippen LogP contribution in [0.4, 0.5) is 0 Å². The van der Waals surface area contributed by atoms with Gasteiger partial charge in [-0.25, -0.2) is 0 Å². The van der Waals surface area contributed by atoms with E-state index in [9.17, 15) is 0 Å². The van der Waals surface area contributed by atoms with Gasteiger partial charge in [-0.15, -0.1) is 11.3 Å². The van der Waals surface area contributed by atoms with E-state index in [4.69, 9.17) is 4.74 Å². The van der Waals surface area contributed by atoms with Crippen LogP contribution in [0.25, 0.3) is 0 Å². The number of halogens is 1. The van der Waals surface area contributed by atoms with Crippen molar-refractivity contribution in [1.29, 1.82) is 0 Å². The summed E-state index contributed by atoms with van der Waals surface area (Å²) in [6, 6.07) is 4.71. The maximum Gasteiger partial charge on any atom is 0.0701 e. The van der Waals surface area contributed by atoms with Crippen LogP contribution < -0.4 is 0 Å². The summed E-state index contributed by atoms with van der Waals surface area (Å²) in [5.41, 5.74) is 0. The van der Waals surface area contributed by atoms with Gasteiger partial charge in [-0.1, -0.05) is 0 Å². The van der Waals surface area contributed by atoms with E-state index in [0.717, 1.165) is 13.2 Å². The van der Waals surface area contributed by atoms with Crippen molar-refractivity contribution in [2.45, 2.75) is 19.5 Å². The molecule has 14 heavy (non-hydrogen) atoms. The lowest BCUT2D eigenvalue weighted by Crippen LogP contribution is -2.31. The minimum Gasteiger partial charge on any atom is -0.383 e. The molecule has 0 N–H and O–H groups in total. The largest absolute Gasteiger partial charge is 0.383 e. The molecule has 0 aromatic carbocycles. The molecule has 0 bridgehead atoms. The highest BCUT2D eigenvalue weighted by atomic mass is 79.9. The molecule has 0 radical (unpaired) electrons. The first-order chi connectivity index (χ1) is 6.63. The minimum atomic E-state index is 0.459. The number of nitrogens with zero attached hydrogens (tertiary/aromatic N) is 1. The Kier molecular flexibility index (Phi) is 5.09. The Balaban J connectivity index is 2.43. The highest BCUT2D eigenvalue weighted by Crippen LogP contribution is 2.23. The number of likely N-dealkylation sites (N-methyl/N-ethyl adjacent to an activating group) is 1. The van der Waals surface area contributed by atoms with E-state index in [1.165, 1.54) is 8.66 Å². The number of methoxy groups -OCH3 is 1. The van der Waals surface area contributed by atoms with Gasteiger partial charge in [0.25, 0.3) is 0 Å². The second kappa shape index (κ2) is 5.85. The molecule has 0 saturated heterocycles. The number of thiophene rings is 1. The Morgan fingerprint density at radius 3 is 2.79 bits per heavy atom. The zero-order chi connectivity index (χ0) is 10.6. The molecule has 1 rings (SSSR count). The van der Waals surface area contributed by atoms with Gasteiger partial charge in [0.2, 0.25) is 0 Å². The Morgan fingerprint density at radius 1 is 1.57 bits per heavy atom. The smallest absolute Gasteiger partial charge is 0.0701 e. The summed E-state index contributed by atoms with van der Waals surface area (Å²) < 4.78 is 6.31. The first-order valence-electron chi connectivity index (χ1n) is 4.57. The summed E-state index contributed by atoms with van der Waals surface area (Å²) in [7, 11) is 3.86. The maximum atomic E-state index is 5.12. The second-order valence-electron chi connectivity index (χ2n) is 3.43. The second-order valence-corrected chi connectivity index (χ2v) is 5.97.